The number of hydrogen-bond donors (Lipinski definition) is 1. The quantitative estimate of drug-likeness (QED) is 0.586. The van der Waals surface area contributed by atoms with Gasteiger partial charge < -0.3 is 9.64 Å². The third-order valence-corrected chi connectivity index (χ3v) is 2.69. The molecule has 2 rings (SSSR count). The molecule has 0 atom stereocenters. The first kappa shape index (κ1) is 11.4. The van der Waals surface area contributed by atoms with Crippen LogP contribution < -0.4 is 4.90 Å². The number of thiol groups is 1. The Kier molecular flexibility index (Phi) is 4.15. The fourth-order valence-electron chi connectivity index (χ4n) is 1.74. The fraction of sp³-hybridized carbons (Fsp3) is 0.385. The Balaban J connectivity index is 2.14. The van der Waals surface area contributed by atoms with E-state index in [-0.39, 0.29) is 0 Å². The number of morpholine rings is 1. The summed E-state index contributed by atoms with van der Waals surface area (Å²) in [4.78, 5) is 2.33. The summed E-state index contributed by atoms with van der Waals surface area (Å²) in [5.74, 6) is 6.65. The number of rotatable bonds is 1. The predicted molar refractivity (Wildman–Crippen MR) is 70.2 cm³/mol. The second-order valence-corrected chi connectivity index (χ2v) is 3.93. The number of benzene rings is 1. The molecule has 0 spiro atoms. The first-order valence-corrected chi connectivity index (χ1v) is 6.06. The highest BCUT2D eigenvalue weighted by Crippen LogP contribution is 2.16. The van der Waals surface area contributed by atoms with Crippen LogP contribution in [0.3, 0.4) is 0 Å². The summed E-state index contributed by atoms with van der Waals surface area (Å²) in [7, 11) is 0. The third-order valence-electron chi connectivity index (χ3n) is 2.53. The van der Waals surface area contributed by atoms with E-state index >= 15 is 0 Å². The first-order chi connectivity index (χ1) is 7.90. The van der Waals surface area contributed by atoms with Crippen LogP contribution in [0.4, 0.5) is 5.69 Å². The van der Waals surface area contributed by atoms with Crippen LogP contribution in [-0.2, 0) is 4.74 Å². The summed E-state index contributed by atoms with van der Waals surface area (Å²) < 4.78 is 5.34. The molecule has 2 nitrogen and oxygen atoms in total. The summed E-state index contributed by atoms with van der Waals surface area (Å²) in [6.45, 7) is 3.55. The summed E-state index contributed by atoms with van der Waals surface area (Å²) in [5.41, 5.74) is 2.28. The highest BCUT2D eigenvalue weighted by Gasteiger charge is 2.10. The van der Waals surface area contributed by atoms with E-state index in [1.54, 1.807) is 0 Å². The van der Waals surface area contributed by atoms with Crippen molar-refractivity contribution < 1.29 is 4.74 Å². The van der Waals surface area contributed by atoms with Gasteiger partial charge in [-0.25, -0.2) is 0 Å². The third kappa shape index (κ3) is 2.94. The lowest BCUT2D eigenvalue weighted by molar-refractivity contribution is 0.122. The van der Waals surface area contributed by atoms with Gasteiger partial charge in [0.05, 0.1) is 19.0 Å². The molecule has 1 fully saturated rings. The molecule has 0 unspecified atom stereocenters. The van der Waals surface area contributed by atoms with Crippen molar-refractivity contribution in [3.05, 3.63) is 29.8 Å². The molecule has 1 aromatic carbocycles. The maximum atomic E-state index is 5.34. The lowest BCUT2D eigenvalue weighted by Crippen LogP contribution is -2.36. The normalized spacial score (nSPS) is 15.4. The molecule has 0 saturated carbocycles. The van der Waals surface area contributed by atoms with Gasteiger partial charge in [-0.15, -0.1) is 0 Å². The molecular formula is C13H15NOS. The number of ether oxygens (including phenoxy) is 1. The van der Waals surface area contributed by atoms with E-state index in [1.165, 1.54) is 5.69 Å². The van der Waals surface area contributed by atoms with Crippen LogP contribution in [0, 0.1) is 11.8 Å². The zero-order chi connectivity index (χ0) is 11.2. The van der Waals surface area contributed by atoms with E-state index in [2.05, 4.69) is 41.5 Å². The SMILES string of the molecule is SCC#Cc1cccc(N2CCOCC2)c1. The van der Waals surface area contributed by atoms with Gasteiger partial charge in [-0.1, -0.05) is 17.9 Å². The highest BCUT2D eigenvalue weighted by atomic mass is 32.1. The van der Waals surface area contributed by atoms with Crippen LogP contribution in [-0.4, -0.2) is 32.1 Å². The minimum Gasteiger partial charge on any atom is -0.378 e. The van der Waals surface area contributed by atoms with E-state index in [9.17, 15) is 0 Å². The van der Waals surface area contributed by atoms with Crippen molar-refractivity contribution in [3.8, 4) is 11.8 Å². The standard InChI is InChI=1S/C13H15NOS/c16-10-2-4-12-3-1-5-13(11-12)14-6-8-15-9-7-14/h1,3,5,11,16H,6-10H2. The van der Waals surface area contributed by atoms with Crippen LogP contribution in [0.2, 0.25) is 0 Å². The lowest BCUT2D eigenvalue weighted by atomic mass is 10.2. The second-order valence-electron chi connectivity index (χ2n) is 3.61. The van der Waals surface area contributed by atoms with Crippen molar-refractivity contribution in [2.24, 2.45) is 0 Å². The summed E-state index contributed by atoms with van der Waals surface area (Å²) in [5, 5.41) is 0. The average Bonchev–Trinajstić information content (AvgIpc) is 2.38. The number of nitrogens with zero attached hydrogens (tertiary/aromatic N) is 1. The molecule has 0 N–H and O–H groups in total. The van der Waals surface area contributed by atoms with Crippen LogP contribution in [0.25, 0.3) is 0 Å². The van der Waals surface area contributed by atoms with Crippen molar-refractivity contribution in [2.45, 2.75) is 0 Å². The van der Waals surface area contributed by atoms with Gasteiger partial charge in [0, 0.05) is 24.3 Å². The summed E-state index contributed by atoms with van der Waals surface area (Å²) in [6, 6.07) is 8.33. The van der Waals surface area contributed by atoms with Crippen LogP contribution >= 0.6 is 12.6 Å². The molecule has 0 radical (unpaired) electrons. The predicted octanol–water partition coefficient (Wildman–Crippen LogP) is 1.80. The molecule has 0 aromatic heterocycles. The van der Waals surface area contributed by atoms with E-state index in [0.29, 0.717) is 5.75 Å². The summed E-state index contributed by atoms with van der Waals surface area (Å²) in [6.07, 6.45) is 0. The molecule has 0 bridgehead atoms. The van der Waals surface area contributed by atoms with E-state index < -0.39 is 0 Å². The molecule has 1 heterocycles. The van der Waals surface area contributed by atoms with Crippen LogP contribution in [0.15, 0.2) is 24.3 Å². The van der Waals surface area contributed by atoms with Crippen LogP contribution in [0.1, 0.15) is 5.56 Å². The van der Waals surface area contributed by atoms with Crippen molar-refractivity contribution in [1.29, 1.82) is 0 Å². The van der Waals surface area contributed by atoms with Gasteiger partial charge >= 0.3 is 0 Å². The highest BCUT2D eigenvalue weighted by molar-refractivity contribution is 7.80. The number of hydrogen-bond acceptors (Lipinski definition) is 3. The summed E-state index contributed by atoms with van der Waals surface area (Å²) >= 11 is 4.08. The lowest BCUT2D eigenvalue weighted by Gasteiger charge is -2.28. The van der Waals surface area contributed by atoms with Gasteiger partial charge in [-0.2, -0.15) is 12.6 Å². The van der Waals surface area contributed by atoms with Crippen molar-refractivity contribution in [3.63, 3.8) is 0 Å². The van der Waals surface area contributed by atoms with Crippen LogP contribution in [0.5, 0.6) is 0 Å². The zero-order valence-corrected chi connectivity index (χ0v) is 10.0. The van der Waals surface area contributed by atoms with E-state index in [4.69, 9.17) is 4.74 Å². The van der Waals surface area contributed by atoms with E-state index in [1.807, 2.05) is 12.1 Å². The Hall–Kier alpha value is -1.11. The smallest absolute Gasteiger partial charge is 0.0642 e. The largest absolute Gasteiger partial charge is 0.378 e. The molecule has 16 heavy (non-hydrogen) atoms. The van der Waals surface area contributed by atoms with Gasteiger partial charge in [-0.05, 0) is 18.2 Å². The van der Waals surface area contributed by atoms with Gasteiger partial charge in [0.2, 0.25) is 0 Å². The molecule has 0 amide bonds. The minimum atomic E-state index is 0.599. The Morgan fingerprint density at radius 3 is 2.88 bits per heavy atom. The van der Waals surface area contributed by atoms with Crippen molar-refractivity contribution in [2.75, 3.05) is 37.0 Å². The van der Waals surface area contributed by atoms with Gasteiger partial charge in [-0.3, -0.25) is 0 Å². The van der Waals surface area contributed by atoms with E-state index in [0.717, 1.165) is 31.9 Å². The molecular weight excluding hydrogens is 218 g/mol. The molecule has 3 heteroatoms. The molecule has 84 valence electrons. The number of anilines is 1. The average molecular weight is 233 g/mol. The monoisotopic (exact) mass is 233 g/mol. The van der Waals surface area contributed by atoms with Gasteiger partial charge in [0.15, 0.2) is 0 Å². The molecule has 1 aliphatic heterocycles. The Bertz CT molecular complexity index is 402. The fourth-order valence-corrected chi connectivity index (χ4v) is 1.82. The topological polar surface area (TPSA) is 12.5 Å². The Morgan fingerprint density at radius 2 is 2.12 bits per heavy atom. The maximum absolute atomic E-state index is 5.34. The minimum absolute atomic E-state index is 0.599. The maximum Gasteiger partial charge on any atom is 0.0642 e. The Morgan fingerprint density at radius 1 is 1.31 bits per heavy atom. The Labute approximate surface area is 102 Å². The zero-order valence-electron chi connectivity index (χ0n) is 9.15. The molecule has 1 aromatic rings. The molecule has 1 aliphatic rings. The second kappa shape index (κ2) is 5.83. The van der Waals surface area contributed by atoms with Crippen molar-refractivity contribution in [1.82, 2.24) is 0 Å². The van der Waals surface area contributed by atoms with Gasteiger partial charge in [0.1, 0.15) is 0 Å². The van der Waals surface area contributed by atoms with Crippen molar-refractivity contribution >= 4 is 18.3 Å². The molecule has 1 saturated heterocycles. The molecule has 0 aliphatic carbocycles. The van der Waals surface area contributed by atoms with Gasteiger partial charge in [0.25, 0.3) is 0 Å². The first-order valence-electron chi connectivity index (χ1n) is 5.42.